The number of benzene rings is 3. The molecule has 0 atom stereocenters. The molecule has 1 heterocycles. The number of amides is 1. The fraction of sp³-hybridized carbons (Fsp3) is 0.0833. The third-order valence-electron chi connectivity index (χ3n) is 4.82. The van der Waals surface area contributed by atoms with E-state index in [1.54, 1.807) is 11.0 Å². The lowest BCUT2D eigenvalue weighted by Crippen LogP contribution is -2.33. The van der Waals surface area contributed by atoms with Crippen molar-refractivity contribution < 1.29 is 4.79 Å². The summed E-state index contributed by atoms with van der Waals surface area (Å²) in [6.45, 7) is 2.18. The predicted molar refractivity (Wildman–Crippen MR) is 120 cm³/mol. The molecule has 144 valence electrons. The summed E-state index contributed by atoms with van der Waals surface area (Å²) in [6.07, 6.45) is 0. The molecule has 0 spiro atoms. The number of para-hydroxylation sites is 1. The average Bonchev–Trinajstić information content (AvgIpc) is 2.73. The number of rotatable bonds is 4. The number of fused-ring (bicyclic) bond motifs is 1. The number of nitrogens with zero attached hydrogens (tertiary/aromatic N) is 1. The van der Waals surface area contributed by atoms with Gasteiger partial charge in [-0.3, -0.25) is 9.59 Å². The molecule has 0 bridgehead atoms. The van der Waals surface area contributed by atoms with E-state index in [0.29, 0.717) is 15.6 Å². The van der Waals surface area contributed by atoms with Gasteiger partial charge in [-0.2, -0.15) is 0 Å². The Bertz CT molecular complexity index is 1250. The molecule has 0 aliphatic carbocycles. The Balaban J connectivity index is 1.80. The van der Waals surface area contributed by atoms with E-state index in [4.69, 9.17) is 0 Å². The van der Waals surface area contributed by atoms with Crippen molar-refractivity contribution in [1.29, 1.82) is 0 Å². The molecule has 5 heteroatoms. The highest BCUT2D eigenvalue weighted by Gasteiger charge is 2.21. The average molecular weight is 447 g/mol. The van der Waals surface area contributed by atoms with Crippen LogP contribution in [-0.2, 0) is 6.54 Å². The van der Waals surface area contributed by atoms with E-state index in [0.717, 1.165) is 22.2 Å². The highest BCUT2D eigenvalue weighted by Crippen LogP contribution is 2.24. The minimum Gasteiger partial charge on any atom is -0.322 e. The number of aromatic amines is 1. The van der Waals surface area contributed by atoms with E-state index in [9.17, 15) is 9.59 Å². The Morgan fingerprint density at radius 3 is 2.45 bits per heavy atom. The van der Waals surface area contributed by atoms with Crippen LogP contribution in [0.1, 0.15) is 21.5 Å². The van der Waals surface area contributed by atoms with Gasteiger partial charge in [0.1, 0.15) is 0 Å². The summed E-state index contributed by atoms with van der Waals surface area (Å²) in [5.74, 6) is -0.174. The van der Waals surface area contributed by atoms with Crippen molar-refractivity contribution in [3.8, 4) is 0 Å². The normalized spacial score (nSPS) is 10.8. The molecule has 0 saturated carbocycles. The van der Waals surface area contributed by atoms with Crippen LogP contribution < -0.4 is 10.5 Å². The van der Waals surface area contributed by atoms with Crippen molar-refractivity contribution in [2.75, 3.05) is 4.90 Å². The third kappa shape index (κ3) is 4.00. The van der Waals surface area contributed by atoms with Crippen molar-refractivity contribution in [1.82, 2.24) is 4.98 Å². The number of nitrogens with one attached hydrogen (secondary N) is 1. The number of aryl methyl sites for hydroxylation is 1. The first-order valence-corrected chi connectivity index (χ1v) is 10.1. The molecule has 0 aliphatic heterocycles. The number of carbonyl (C=O) groups is 1. The molecule has 1 aromatic heterocycles. The summed E-state index contributed by atoms with van der Waals surface area (Å²) in [6, 6.07) is 24.4. The molecule has 0 fully saturated rings. The lowest BCUT2D eigenvalue weighted by molar-refractivity contribution is 0.0984. The first kappa shape index (κ1) is 19.2. The molecule has 4 nitrogen and oxygen atoms in total. The summed E-state index contributed by atoms with van der Waals surface area (Å²) in [5.41, 5.74) is 3.52. The fourth-order valence-electron chi connectivity index (χ4n) is 3.33. The van der Waals surface area contributed by atoms with Crippen molar-refractivity contribution in [2.24, 2.45) is 0 Å². The minimum atomic E-state index is -0.192. The molecule has 1 amide bonds. The maximum absolute atomic E-state index is 13.4. The first-order valence-electron chi connectivity index (χ1n) is 9.27. The molecular formula is C24H19BrN2O2. The van der Waals surface area contributed by atoms with Crippen molar-refractivity contribution in [3.63, 3.8) is 0 Å². The molecule has 0 unspecified atom stereocenters. The zero-order chi connectivity index (χ0) is 20.4. The monoisotopic (exact) mass is 446 g/mol. The summed E-state index contributed by atoms with van der Waals surface area (Å²) in [5, 5.41) is 0.945. The Hall–Kier alpha value is -3.18. The van der Waals surface area contributed by atoms with E-state index >= 15 is 0 Å². The van der Waals surface area contributed by atoms with Gasteiger partial charge in [0.05, 0.1) is 12.1 Å². The Kier molecular flexibility index (Phi) is 5.32. The largest absolute Gasteiger partial charge is 0.322 e. The molecule has 4 rings (SSSR count). The van der Waals surface area contributed by atoms with Gasteiger partial charge >= 0.3 is 0 Å². The number of carbonyl (C=O) groups excluding carboxylic acids is 1. The zero-order valence-corrected chi connectivity index (χ0v) is 17.4. The van der Waals surface area contributed by atoms with Crippen molar-refractivity contribution >= 4 is 38.4 Å². The van der Waals surface area contributed by atoms with Crippen LogP contribution in [0, 0.1) is 6.92 Å². The van der Waals surface area contributed by atoms with Crippen LogP contribution in [0.2, 0.25) is 0 Å². The highest BCUT2D eigenvalue weighted by atomic mass is 79.9. The molecule has 0 aliphatic rings. The van der Waals surface area contributed by atoms with Crippen LogP contribution in [0.4, 0.5) is 5.69 Å². The van der Waals surface area contributed by atoms with Crippen molar-refractivity contribution in [2.45, 2.75) is 13.5 Å². The summed E-state index contributed by atoms with van der Waals surface area (Å²) in [4.78, 5) is 30.7. The predicted octanol–water partition coefficient (Wildman–Crippen LogP) is 5.45. The number of pyridine rings is 1. The SMILES string of the molecule is Cc1ccc2[nH]c(=O)c(CN(C(=O)c3ccccc3Br)c3ccccc3)cc2c1. The second-order valence-electron chi connectivity index (χ2n) is 6.92. The Morgan fingerprint density at radius 2 is 1.69 bits per heavy atom. The number of hydrogen-bond acceptors (Lipinski definition) is 2. The Morgan fingerprint density at radius 1 is 0.966 bits per heavy atom. The molecular weight excluding hydrogens is 428 g/mol. The smallest absolute Gasteiger partial charge is 0.259 e. The molecule has 4 aromatic rings. The lowest BCUT2D eigenvalue weighted by atomic mass is 10.1. The van der Waals surface area contributed by atoms with Crippen molar-refractivity contribution in [3.05, 3.63) is 110 Å². The van der Waals surface area contributed by atoms with Crippen LogP contribution in [0.25, 0.3) is 10.9 Å². The van der Waals surface area contributed by atoms with Crippen LogP contribution in [-0.4, -0.2) is 10.9 Å². The van der Waals surface area contributed by atoms with Gasteiger partial charge in [0, 0.05) is 21.2 Å². The number of H-pyrrole nitrogens is 1. The van der Waals surface area contributed by atoms with Crippen LogP contribution >= 0.6 is 15.9 Å². The van der Waals surface area contributed by atoms with E-state index in [2.05, 4.69) is 20.9 Å². The van der Waals surface area contributed by atoms with Gasteiger partial charge in [0.2, 0.25) is 0 Å². The number of anilines is 1. The standard InChI is InChI=1S/C24H19BrN2O2/c1-16-11-12-22-17(13-16)14-18(23(28)26-22)15-27(19-7-3-2-4-8-19)24(29)20-9-5-6-10-21(20)25/h2-14H,15H2,1H3,(H,26,28). The van der Waals surface area contributed by atoms with Crippen LogP contribution in [0.15, 0.2) is 88.1 Å². The number of halogens is 1. The lowest BCUT2D eigenvalue weighted by Gasteiger charge is -2.23. The zero-order valence-electron chi connectivity index (χ0n) is 15.9. The summed E-state index contributed by atoms with van der Waals surface area (Å²) in [7, 11) is 0. The minimum absolute atomic E-state index is 0.170. The van der Waals surface area contributed by atoms with Crippen LogP contribution in [0.5, 0.6) is 0 Å². The summed E-state index contributed by atoms with van der Waals surface area (Å²) < 4.78 is 0.717. The highest BCUT2D eigenvalue weighted by molar-refractivity contribution is 9.10. The number of aromatic nitrogens is 1. The maximum Gasteiger partial charge on any atom is 0.259 e. The van der Waals surface area contributed by atoms with Gasteiger partial charge in [-0.25, -0.2) is 0 Å². The van der Waals surface area contributed by atoms with Gasteiger partial charge in [0.15, 0.2) is 0 Å². The quantitative estimate of drug-likeness (QED) is 0.453. The van der Waals surface area contributed by atoms with Crippen LogP contribution in [0.3, 0.4) is 0 Å². The molecule has 3 aromatic carbocycles. The van der Waals surface area contributed by atoms with E-state index in [1.165, 1.54) is 0 Å². The van der Waals surface area contributed by atoms with Gasteiger partial charge in [-0.15, -0.1) is 0 Å². The molecule has 1 N–H and O–H groups in total. The third-order valence-corrected chi connectivity index (χ3v) is 5.51. The van der Waals surface area contributed by atoms with Gasteiger partial charge in [-0.1, -0.05) is 42.0 Å². The summed E-state index contributed by atoms with van der Waals surface area (Å²) >= 11 is 3.46. The number of hydrogen-bond donors (Lipinski definition) is 1. The van der Waals surface area contributed by atoms with Gasteiger partial charge in [0.25, 0.3) is 11.5 Å². The maximum atomic E-state index is 13.4. The van der Waals surface area contributed by atoms with E-state index in [-0.39, 0.29) is 18.0 Å². The second kappa shape index (κ2) is 8.05. The van der Waals surface area contributed by atoms with E-state index < -0.39 is 0 Å². The molecule has 0 saturated heterocycles. The topological polar surface area (TPSA) is 53.2 Å². The molecule has 29 heavy (non-hydrogen) atoms. The molecule has 0 radical (unpaired) electrons. The fourth-order valence-corrected chi connectivity index (χ4v) is 3.78. The first-order chi connectivity index (χ1) is 14.0. The second-order valence-corrected chi connectivity index (χ2v) is 7.78. The van der Waals surface area contributed by atoms with Gasteiger partial charge < -0.3 is 9.88 Å². The Labute approximate surface area is 176 Å². The van der Waals surface area contributed by atoms with E-state index in [1.807, 2.05) is 79.7 Å². The van der Waals surface area contributed by atoms with Gasteiger partial charge in [-0.05, 0) is 70.7 Å².